The van der Waals surface area contributed by atoms with Crippen molar-refractivity contribution in [3.8, 4) is 46.0 Å². The maximum absolute atomic E-state index is 12.5. The van der Waals surface area contributed by atoms with Gasteiger partial charge in [-0.15, -0.1) is 0 Å². The number of carbonyl (C=O) groups excluding carboxylic acids is 5. The number of ether oxygens (including phenoxy) is 3. The van der Waals surface area contributed by atoms with E-state index in [1.165, 1.54) is 25.1 Å². The number of esters is 3. The third kappa shape index (κ3) is 39.7. The van der Waals surface area contributed by atoms with Crippen LogP contribution in [0, 0.1) is 90.8 Å². The zero-order chi connectivity index (χ0) is 107. The minimum atomic E-state index is -0.974. The molecule has 0 bridgehead atoms. The molecule has 0 fully saturated rings. The quantitative estimate of drug-likeness (QED) is 0.00668. The number of halogens is 1. The van der Waals surface area contributed by atoms with E-state index >= 15 is 0 Å². The van der Waals surface area contributed by atoms with Crippen molar-refractivity contribution in [2.45, 2.75) is 103 Å². The van der Waals surface area contributed by atoms with Crippen LogP contribution in [0.25, 0.3) is 33.9 Å². The lowest BCUT2D eigenvalue weighted by Crippen LogP contribution is -2.22. The van der Waals surface area contributed by atoms with E-state index in [4.69, 9.17) is 52.1 Å². The molecule has 35 heteroatoms. The summed E-state index contributed by atoms with van der Waals surface area (Å²) in [6, 6.07) is 57.8. The van der Waals surface area contributed by atoms with Crippen molar-refractivity contribution < 1.29 is 62.4 Å². The minimum Gasteiger partial charge on any atom is -0.478 e. The summed E-state index contributed by atoms with van der Waals surface area (Å²) >= 11 is 0. The van der Waals surface area contributed by atoms with Crippen molar-refractivity contribution in [1.82, 2.24) is 63.9 Å². The molecule has 0 amide bonds. The molecule has 0 saturated heterocycles. The van der Waals surface area contributed by atoms with Crippen LogP contribution in [0.2, 0.25) is 0 Å². The Morgan fingerprint density at radius 1 is 0.486 bits per heavy atom. The summed E-state index contributed by atoms with van der Waals surface area (Å²) < 4.78 is 30.9. The molecule has 34 nitrogen and oxygen atoms in total. The van der Waals surface area contributed by atoms with E-state index in [0.717, 1.165) is 102 Å². The topological polar surface area (TPSA) is 504 Å². The monoisotopic (exact) mass is 1970 g/mol. The molecule has 0 spiro atoms. The van der Waals surface area contributed by atoms with E-state index in [1.807, 2.05) is 182 Å². The number of nitrogens with one attached hydrogen (secondary N) is 2. The van der Waals surface area contributed by atoms with Crippen LogP contribution in [-0.2, 0) is 14.2 Å². The van der Waals surface area contributed by atoms with Gasteiger partial charge < -0.3 is 66.3 Å². The number of hydrogen-bond donors (Lipinski definition) is 7. The standard InChI is InChI=1S/C19H18N4O2.C17H14N4O2.C12H11N3.C12H12N2O2.C11H15N3O2.C10H12N2O.C10H13NO2.C8H6FN.C7H7NO.C5H7N/c1-3-25-18(24)14-7-6-13(2)17(11-14)23-19-21-10-8-16(22-19)15-5-4-9-20-12-15;1-11-4-5-12(16(22)23)9-15(11)21-17-19-8-6-14(20-17)13-3-2-7-18-10-13;1-9-3-11(6-13)5-12(4-9)15-7-10(2)14-8-15;1-8-3-10(12(15)16)5-11(4-8)14-6-9(2)13-7-14;1-3-16-10(15)8-5-4-7(2)9(6-8)14-11(12)13;1-12(2)7-5-10(13)9-4-3-6-11-8-9;1-3-13-10(12)8-5-4-7(2)9(11)6-8;1-6-2-7(5-10)4-8(9)3-6;1-6(9)7-3-2-4-8-5-7;1-5-3-2-4-6-5/h4-12H,3H2,1-2H3,(H,21,22,23);2-10H,1H3,(H,22,23)(H,19,20,21);3-5,7-8H,1-2H3;3-7H,1-2H3,(H,15,16);4-6H,3H2,1-2H3,(H4,12,13,14);3-8H,1-2H3;4-6H,3,11H2,1-2H3;2-4H,1H3;2-5H,1H3;3-4H,2H2,1H3/b;;;;;7-5-;;;;. The highest BCUT2D eigenvalue weighted by atomic mass is 19.1. The second-order valence-electron chi connectivity index (χ2n) is 32.0. The summed E-state index contributed by atoms with van der Waals surface area (Å²) in [5.41, 5.74) is 37.7. The largest absolute Gasteiger partial charge is 0.478 e. The first kappa shape index (κ1) is 114. The number of aliphatic imine (C=N–C) groups is 2. The maximum Gasteiger partial charge on any atom is 0.338 e. The number of nitrogen functional groups attached to an aromatic ring is 1. The fraction of sp³-hybridized carbons (Fsp3) is 0.180. The van der Waals surface area contributed by atoms with Crippen LogP contribution in [-0.4, -0.2) is 162 Å². The molecular formula is C111H115FN22O12. The number of allylic oxidation sites excluding steroid dienone is 3. The molecule has 16 rings (SSSR count). The summed E-state index contributed by atoms with van der Waals surface area (Å²) in [6.45, 7) is 26.9. The molecular weight excluding hydrogens is 1850 g/mol. The number of hydrogen-bond acceptors (Lipinski definition) is 28. The number of Topliss-reactive ketones (excluding diaryl/α,β-unsaturated/α-hetero) is 1. The van der Waals surface area contributed by atoms with Gasteiger partial charge in [-0.2, -0.15) is 10.5 Å². The van der Waals surface area contributed by atoms with Crippen molar-refractivity contribution >= 4 is 88.2 Å². The number of imidazole rings is 2. The molecule has 1 aliphatic rings. The number of rotatable bonds is 21. The van der Waals surface area contributed by atoms with E-state index < -0.39 is 11.9 Å². The Morgan fingerprint density at radius 3 is 1.32 bits per heavy atom. The van der Waals surface area contributed by atoms with E-state index in [2.05, 4.69) is 82.6 Å². The number of aromatic nitrogens is 12. The number of pyridine rings is 4. The zero-order valence-corrected chi connectivity index (χ0v) is 83.8. The highest BCUT2D eigenvalue weighted by Crippen LogP contribution is 2.27. The van der Waals surface area contributed by atoms with Crippen LogP contribution in [0.1, 0.15) is 175 Å². The Balaban J connectivity index is 0.000000224. The van der Waals surface area contributed by atoms with Gasteiger partial charge in [-0.05, 0) is 300 Å². The number of carboxylic acids is 2. The van der Waals surface area contributed by atoms with Gasteiger partial charge in [-0.25, -0.2) is 63.3 Å². The van der Waals surface area contributed by atoms with Gasteiger partial charge in [0.25, 0.3) is 0 Å². The number of carbonyl (C=O) groups is 7. The van der Waals surface area contributed by atoms with Crippen LogP contribution < -0.4 is 27.8 Å². The zero-order valence-electron chi connectivity index (χ0n) is 83.8. The first-order chi connectivity index (χ1) is 69.8. The molecule has 7 aromatic carbocycles. The number of aromatic carboxylic acids is 2. The third-order valence-corrected chi connectivity index (χ3v) is 19.8. The van der Waals surface area contributed by atoms with Gasteiger partial charge in [0.05, 0.1) is 112 Å². The molecule has 10 N–H and O–H groups in total. The van der Waals surface area contributed by atoms with Gasteiger partial charge >= 0.3 is 29.8 Å². The van der Waals surface area contributed by atoms with Crippen LogP contribution in [0.3, 0.4) is 0 Å². The third-order valence-electron chi connectivity index (χ3n) is 19.8. The number of nitrogens with zero attached hydrogens (tertiary/aromatic N) is 17. The first-order valence-corrected chi connectivity index (χ1v) is 45.3. The lowest BCUT2D eigenvalue weighted by Gasteiger charge is -2.11. The number of aryl methyl sites for hydroxylation is 9. The molecule has 15 aromatic rings. The fourth-order valence-electron chi connectivity index (χ4n) is 12.4. The summed E-state index contributed by atoms with van der Waals surface area (Å²) in [5, 5.41) is 41.5. The van der Waals surface area contributed by atoms with E-state index in [-0.39, 0.29) is 46.8 Å². The number of guanidine groups is 1. The number of carboxylic acid groups (broad SMARTS) is 2. The average Bonchev–Trinajstić information content (AvgIpc) is 1.16. The highest BCUT2D eigenvalue weighted by Gasteiger charge is 2.16. The summed E-state index contributed by atoms with van der Waals surface area (Å²) in [5.74, 6) is -2.45. The summed E-state index contributed by atoms with van der Waals surface area (Å²) in [4.78, 5) is 130. The minimum absolute atomic E-state index is 0.0261. The Kier molecular flexibility index (Phi) is 46.3. The molecule has 0 radical (unpaired) electrons. The Hall–Kier alpha value is -19.1. The van der Waals surface area contributed by atoms with Crippen molar-refractivity contribution in [2.75, 3.05) is 50.3 Å². The summed E-state index contributed by atoms with van der Waals surface area (Å²) in [6.07, 6.45) is 32.1. The average molecular weight is 1970 g/mol. The number of anilines is 5. The smallest absolute Gasteiger partial charge is 0.338 e. The molecule has 1 aliphatic heterocycles. The van der Waals surface area contributed by atoms with Gasteiger partial charge in [-0.1, -0.05) is 30.3 Å². The molecule has 146 heavy (non-hydrogen) atoms. The van der Waals surface area contributed by atoms with Gasteiger partial charge in [-0.3, -0.25) is 34.5 Å². The molecule has 9 heterocycles. The van der Waals surface area contributed by atoms with E-state index in [1.54, 1.807) is 218 Å². The normalized spacial score (nSPS) is 10.3. The summed E-state index contributed by atoms with van der Waals surface area (Å²) in [7, 11) is 3.74. The Morgan fingerprint density at radius 2 is 0.925 bits per heavy atom. The van der Waals surface area contributed by atoms with Gasteiger partial charge in [0.15, 0.2) is 17.5 Å². The van der Waals surface area contributed by atoms with E-state index in [9.17, 15) is 38.0 Å². The lowest BCUT2D eigenvalue weighted by molar-refractivity contribution is 0.0517. The lowest BCUT2D eigenvalue weighted by atomic mass is 10.1. The molecule has 748 valence electrons. The van der Waals surface area contributed by atoms with Crippen molar-refractivity contribution in [2.24, 2.45) is 21.5 Å². The van der Waals surface area contributed by atoms with Crippen LogP contribution in [0.5, 0.6) is 0 Å². The Labute approximate surface area is 846 Å². The molecule has 8 aromatic heterocycles. The van der Waals surface area contributed by atoms with Gasteiger partial charge in [0.2, 0.25) is 11.9 Å². The molecule has 0 saturated carbocycles. The predicted octanol–water partition coefficient (Wildman–Crippen LogP) is 20.4. The van der Waals surface area contributed by atoms with Crippen LogP contribution in [0.4, 0.5) is 39.0 Å². The van der Waals surface area contributed by atoms with Crippen molar-refractivity contribution in [3.63, 3.8) is 0 Å². The molecule has 0 aliphatic carbocycles. The van der Waals surface area contributed by atoms with Gasteiger partial charge in [0.1, 0.15) is 5.82 Å². The van der Waals surface area contributed by atoms with Crippen LogP contribution in [0.15, 0.2) is 309 Å². The van der Waals surface area contributed by atoms with Crippen molar-refractivity contribution in [3.05, 3.63) is 405 Å². The maximum atomic E-state index is 12.5. The number of nitriles is 2. The van der Waals surface area contributed by atoms with Crippen LogP contribution >= 0.6 is 0 Å². The number of benzene rings is 7. The second kappa shape index (κ2) is 59.4. The molecule has 0 atom stereocenters. The SMILES string of the molecule is CC(=O)c1cccnc1.CC1=CCC=N1.CCOC(=O)c1ccc(C)c(N)c1.CCOC(=O)c1ccc(C)c(N=C(N)N)c1.CCOC(=O)c1ccc(C)c(Nc2nccc(-c3cccnc3)n2)c1.CN(C)/C=C\C(=O)c1cccnc1.Cc1cc(C#N)cc(-n2cnc(C)c2)c1.Cc1cc(C(=O)O)cc(-n2cnc(C)c2)c1.Cc1cc(F)cc(C#N)c1.Cc1ccc(C(=O)O)cc1Nc1nccc(-c2cccnc2)n1. The Bertz CT molecular complexity index is 7120. The number of ketones is 2. The molecule has 0 unspecified atom stereocenters. The second-order valence-corrected chi connectivity index (χ2v) is 32.0. The predicted molar refractivity (Wildman–Crippen MR) is 563 cm³/mol. The van der Waals surface area contributed by atoms with Gasteiger partial charge in [0, 0.05) is 170 Å². The number of nitrogens with two attached hydrogens (primary N) is 3. The van der Waals surface area contributed by atoms with Crippen molar-refractivity contribution in [1.29, 1.82) is 10.5 Å². The fourth-order valence-corrected chi connectivity index (χ4v) is 12.4. The van der Waals surface area contributed by atoms with E-state index in [0.29, 0.717) is 93.3 Å². The highest BCUT2D eigenvalue weighted by molar-refractivity contribution is 6.04. The first-order valence-electron chi connectivity index (χ1n) is 45.3.